The number of hydrogen-bond donors (Lipinski definition) is 3. The first-order valence-electron chi connectivity index (χ1n) is 6.89. The minimum Gasteiger partial charge on any atom is -0.369 e. The molecule has 0 bridgehead atoms. The van der Waals surface area contributed by atoms with Crippen molar-refractivity contribution in [1.29, 1.82) is 0 Å². The van der Waals surface area contributed by atoms with Crippen molar-refractivity contribution in [3.05, 3.63) is 11.4 Å². The van der Waals surface area contributed by atoms with Gasteiger partial charge in [-0.25, -0.2) is 15.8 Å². The number of nitrogens with one attached hydrogen (secondary N) is 2. The van der Waals surface area contributed by atoms with Crippen molar-refractivity contribution < 1.29 is 0 Å². The summed E-state index contributed by atoms with van der Waals surface area (Å²) in [5.41, 5.74) is 3.81. The maximum Gasteiger partial charge on any atom is 0.148 e. The lowest BCUT2D eigenvalue weighted by Gasteiger charge is -2.30. The first-order valence-corrected chi connectivity index (χ1v) is 6.89. The van der Waals surface area contributed by atoms with Gasteiger partial charge in [-0.3, -0.25) is 0 Å². The molecule has 0 amide bonds. The first kappa shape index (κ1) is 15.7. The molecule has 0 aliphatic heterocycles. The van der Waals surface area contributed by atoms with Gasteiger partial charge in [0.05, 0.1) is 0 Å². The average Bonchev–Trinajstić information content (AvgIpc) is 2.37. The molecular weight excluding hydrogens is 238 g/mol. The summed E-state index contributed by atoms with van der Waals surface area (Å²) in [4.78, 5) is 8.91. The van der Waals surface area contributed by atoms with E-state index < -0.39 is 0 Å². The standard InChI is InChI=1S/C14H27N5/c1-7-11-17-12(10(4)13(18-11)19-15)16-8-14(5,6)9(2)3/h9H,7-8,15H2,1-6H3,(H2,16,17,18,19). The monoisotopic (exact) mass is 265 g/mol. The molecule has 0 saturated heterocycles. The molecule has 108 valence electrons. The number of aryl methyl sites for hydroxylation is 1. The third-order valence-corrected chi connectivity index (χ3v) is 3.92. The average molecular weight is 265 g/mol. The molecule has 0 fully saturated rings. The predicted octanol–water partition coefficient (Wildman–Crippen LogP) is 2.73. The molecule has 4 N–H and O–H groups in total. The van der Waals surface area contributed by atoms with Crippen molar-refractivity contribution in [2.75, 3.05) is 17.3 Å². The van der Waals surface area contributed by atoms with Gasteiger partial charge in [0.2, 0.25) is 0 Å². The summed E-state index contributed by atoms with van der Waals surface area (Å²) in [7, 11) is 0. The normalized spacial score (nSPS) is 11.8. The van der Waals surface area contributed by atoms with E-state index in [2.05, 4.69) is 48.4 Å². The minimum absolute atomic E-state index is 0.208. The van der Waals surface area contributed by atoms with Crippen molar-refractivity contribution in [2.24, 2.45) is 17.2 Å². The highest BCUT2D eigenvalue weighted by Gasteiger charge is 2.22. The summed E-state index contributed by atoms with van der Waals surface area (Å²) in [5, 5.41) is 3.44. The zero-order valence-corrected chi connectivity index (χ0v) is 13.0. The van der Waals surface area contributed by atoms with Crippen LogP contribution in [-0.4, -0.2) is 16.5 Å². The number of rotatable bonds is 6. The predicted molar refractivity (Wildman–Crippen MR) is 81.1 cm³/mol. The van der Waals surface area contributed by atoms with Crippen molar-refractivity contribution >= 4 is 11.6 Å². The second-order valence-electron chi connectivity index (χ2n) is 5.96. The number of nitrogens with zero attached hydrogens (tertiary/aromatic N) is 2. The Labute approximate surface area is 116 Å². The highest BCUT2D eigenvalue weighted by Crippen LogP contribution is 2.27. The fourth-order valence-corrected chi connectivity index (χ4v) is 1.55. The molecule has 5 heteroatoms. The largest absolute Gasteiger partial charge is 0.369 e. The number of nitrogen functional groups attached to an aromatic ring is 1. The Morgan fingerprint density at radius 1 is 1.21 bits per heavy atom. The molecule has 0 aliphatic rings. The lowest BCUT2D eigenvalue weighted by molar-refractivity contribution is 0.269. The van der Waals surface area contributed by atoms with Crippen LogP contribution < -0.4 is 16.6 Å². The van der Waals surface area contributed by atoms with Crippen LogP contribution in [0.4, 0.5) is 11.6 Å². The summed E-state index contributed by atoms with van der Waals surface area (Å²) in [6, 6.07) is 0. The molecular formula is C14H27N5. The Bertz CT molecular complexity index is 426. The SMILES string of the molecule is CCc1nc(NN)c(C)c(NCC(C)(C)C(C)C)n1. The van der Waals surface area contributed by atoms with Crippen LogP contribution in [0.5, 0.6) is 0 Å². The molecule has 1 heterocycles. The van der Waals surface area contributed by atoms with E-state index in [0.717, 1.165) is 30.2 Å². The van der Waals surface area contributed by atoms with Gasteiger partial charge >= 0.3 is 0 Å². The van der Waals surface area contributed by atoms with Crippen LogP contribution in [-0.2, 0) is 6.42 Å². The van der Waals surface area contributed by atoms with Crippen LogP contribution in [0.15, 0.2) is 0 Å². The van der Waals surface area contributed by atoms with Gasteiger partial charge < -0.3 is 10.7 Å². The number of nitrogens with two attached hydrogens (primary N) is 1. The molecule has 0 aliphatic carbocycles. The van der Waals surface area contributed by atoms with Crippen LogP contribution in [0.2, 0.25) is 0 Å². The lowest BCUT2D eigenvalue weighted by Crippen LogP contribution is -2.29. The molecule has 0 saturated carbocycles. The van der Waals surface area contributed by atoms with Gasteiger partial charge in [0.1, 0.15) is 17.5 Å². The maximum absolute atomic E-state index is 5.51. The topological polar surface area (TPSA) is 75.9 Å². The minimum atomic E-state index is 0.208. The van der Waals surface area contributed by atoms with Gasteiger partial charge in [-0.1, -0.05) is 34.6 Å². The van der Waals surface area contributed by atoms with E-state index in [4.69, 9.17) is 5.84 Å². The summed E-state index contributed by atoms with van der Waals surface area (Å²) >= 11 is 0. The molecule has 0 aromatic carbocycles. The lowest BCUT2D eigenvalue weighted by atomic mass is 9.81. The molecule has 0 spiro atoms. The van der Waals surface area contributed by atoms with Crippen LogP contribution in [0.25, 0.3) is 0 Å². The molecule has 5 nitrogen and oxygen atoms in total. The van der Waals surface area contributed by atoms with E-state index in [9.17, 15) is 0 Å². The van der Waals surface area contributed by atoms with E-state index in [1.54, 1.807) is 0 Å². The zero-order chi connectivity index (χ0) is 14.6. The quantitative estimate of drug-likeness (QED) is 0.544. The second kappa shape index (κ2) is 6.19. The fourth-order valence-electron chi connectivity index (χ4n) is 1.55. The van der Waals surface area contributed by atoms with E-state index in [1.807, 2.05) is 13.8 Å². The third kappa shape index (κ3) is 3.80. The van der Waals surface area contributed by atoms with E-state index in [0.29, 0.717) is 11.7 Å². The van der Waals surface area contributed by atoms with Gasteiger partial charge in [0.25, 0.3) is 0 Å². The summed E-state index contributed by atoms with van der Waals surface area (Å²) in [5.74, 6) is 8.46. The highest BCUT2D eigenvalue weighted by molar-refractivity contribution is 5.56. The highest BCUT2D eigenvalue weighted by atomic mass is 15.3. The number of hydrazine groups is 1. The van der Waals surface area contributed by atoms with Crippen LogP contribution in [0, 0.1) is 18.3 Å². The molecule has 1 aromatic heterocycles. The number of anilines is 2. The molecule has 0 unspecified atom stereocenters. The van der Waals surface area contributed by atoms with E-state index in [-0.39, 0.29) is 5.41 Å². The number of hydrogen-bond acceptors (Lipinski definition) is 5. The molecule has 1 aromatic rings. The Hall–Kier alpha value is -1.36. The van der Waals surface area contributed by atoms with Crippen molar-refractivity contribution in [3.63, 3.8) is 0 Å². The summed E-state index contributed by atoms with van der Waals surface area (Å²) < 4.78 is 0. The van der Waals surface area contributed by atoms with Gasteiger partial charge in [-0.15, -0.1) is 0 Å². The van der Waals surface area contributed by atoms with Crippen LogP contribution in [0.1, 0.15) is 46.0 Å². The molecule has 0 radical (unpaired) electrons. The Morgan fingerprint density at radius 2 is 1.79 bits per heavy atom. The van der Waals surface area contributed by atoms with Crippen molar-refractivity contribution in [3.8, 4) is 0 Å². The van der Waals surface area contributed by atoms with Gasteiger partial charge in [-0.2, -0.15) is 0 Å². The Morgan fingerprint density at radius 3 is 2.26 bits per heavy atom. The van der Waals surface area contributed by atoms with Gasteiger partial charge in [-0.05, 0) is 18.3 Å². The summed E-state index contributed by atoms with van der Waals surface area (Å²) in [6.07, 6.45) is 0.789. The van der Waals surface area contributed by atoms with Crippen molar-refractivity contribution in [2.45, 2.75) is 48.0 Å². The van der Waals surface area contributed by atoms with E-state index >= 15 is 0 Å². The van der Waals surface area contributed by atoms with Crippen LogP contribution in [0.3, 0.4) is 0 Å². The summed E-state index contributed by atoms with van der Waals surface area (Å²) in [6.45, 7) is 13.9. The maximum atomic E-state index is 5.51. The number of aromatic nitrogens is 2. The zero-order valence-electron chi connectivity index (χ0n) is 13.0. The third-order valence-electron chi connectivity index (χ3n) is 3.92. The van der Waals surface area contributed by atoms with Crippen LogP contribution >= 0.6 is 0 Å². The fraction of sp³-hybridized carbons (Fsp3) is 0.714. The second-order valence-corrected chi connectivity index (χ2v) is 5.96. The van der Waals surface area contributed by atoms with E-state index in [1.165, 1.54) is 0 Å². The van der Waals surface area contributed by atoms with Gasteiger partial charge in [0.15, 0.2) is 0 Å². The molecule has 1 rings (SSSR count). The first-order chi connectivity index (χ1) is 8.81. The van der Waals surface area contributed by atoms with Crippen molar-refractivity contribution in [1.82, 2.24) is 9.97 Å². The van der Waals surface area contributed by atoms with Gasteiger partial charge in [0, 0.05) is 18.5 Å². The smallest absolute Gasteiger partial charge is 0.148 e. The Balaban J connectivity index is 2.94. The molecule has 19 heavy (non-hydrogen) atoms. The molecule has 0 atom stereocenters. The Kier molecular flexibility index (Phi) is 5.11.